The van der Waals surface area contributed by atoms with Crippen molar-refractivity contribution in [3.05, 3.63) is 151 Å². The molecule has 0 saturated heterocycles. The molecule has 222 valence electrons. The first-order chi connectivity index (χ1) is 22.3. The number of nitrogens with zero attached hydrogens (tertiary/aromatic N) is 1. The molecule has 1 aliphatic rings. The molecule has 0 N–H and O–H groups in total. The van der Waals surface area contributed by atoms with Gasteiger partial charge in [0.2, 0.25) is 0 Å². The highest BCUT2D eigenvalue weighted by molar-refractivity contribution is 6.20. The topological polar surface area (TPSA) is 16.4 Å². The van der Waals surface area contributed by atoms with Crippen molar-refractivity contribution >= 4 is 60.5 Å². The zero-order chi connectivity index (χ0) is 31.2. The fraction of sp³-hybridized carbons (Fsp3) is 0.136. The number of fused-ring (bicyclic) bond motifs is 10. The lowest BCUT2D eigenvalue weighted by Crippen LogP contribution is -2.43. The molecule has 0 amide bonds. The van der Waals surface area contributed by atoms with Gasteiger partial charge >= 0.3 is 0 Å². The minimum atomic E-state index is -0.151. The molecule has 9 rings (SSSR count). The van der Waals surface area contributed by atoms with Gasteiger partial charge in [0.1, 0.15) is 11.2 Å². The minimum absolute atomic E-state index is 0.0864. The summed E-state index contributed by atoms with van der Waals surface area (Å²) in [6.45, 7) is 9.67. The molecule has 1 heterocycles. The van der Waals surface area contributed by atoms with Crippen LogP contribution in [0.5, 0.6) is 0 Å². The van der Waals surface area contributed by atoms with Gasteiger partial charge in [0.25, 0.3) is 0 Å². The molecule has 1 aromatic heterocycles. The molecule has 2 nitrogen and oxygen atoms in total. The molecule has 0 atom stereocenters. The van der Waals surface area contributed by atoms with E-state index in [2.05, 4.69) is 160 Å². The van der Waals surface area contributed by atoms with Crippen molar-refractivity contribution in [2.45, 2.75) is 38.5 Å². The van der Waals surface area contributed by atoms with Gasteiger partial charge in [-0.05, 0) is 85.6 Å². The number of hydrogen-bond acceptors (Lipinski definition) is 2. The van der Waals surface area contributed by atoms with Gasteiger partial charge in [-0.1, -0.05) is 125 Å². The first kappa shape index (κ1) is 27.0. The fourth-order valence-corrected chi connectivity index (χ4v) is 7.91. The van der Waals surface area contributed by atoms with Crippen LogP contribution >= 0.6 is 0 Å². The summed E-state index contributed by atoms with van der Waals surface area (Å²) >= 11 is 0. The Bertz CT molecular complexity index is 2480. The van der Waals surface area contributed by atoms with Crippen LogP contribution in [0.15, 0.2) is 144 Å². The number of hydrogen-bond donors (Lipinski definition) is 0. The molecule has 1 aliphatic carbocycles. The van der Waals surface area contributed by atoms with Gasteiger partial charge in [-0.3, -0.25) is 0 Å². The summed E-state index contributed by atoms with van der Waals surface area (Å²) in [5.41, 5.74) is 10.4. The van der Waals surface area contributed by atoms with Gasteiger partial charge < -0.3 is 9.32 Å². The standard InChI is InChI=1S/C44H35NO/c1-43(2)36-20-12-10-19-34(36)42-37(44(43,3)4)27-38(35-24-22-28-14-8-9-17-31(28)41(35)42)45(29-15-6-5-7-16-29)30-23-25-33-32-18-11-13-21-39(32)46-40(33)26-30/h5-27H,1-4H3. The predicted octanol–water partition coefficient (Wildman–Crippen LogP) is 12.6. The Kier molecular flexibility index (Phi) is 5.63. The molecule has 46 heavy (non-hydrogen) atoms. The molecule has 8 aromatic rings. The van der Waals surface area contributed by atoms with E-state index in [1.807, 2.05) is 12.1 Å². The smallest absolute Gasteiger partial charge is 0.137 e. The highest BCUT2D eigenvalue weighted by atomic mass is 16.3. The van der Waals surface area contributed by atoms with Crippen molar-refractivity contribution in [1.29, 1.82) is 0 Å². The van der Waals surface area contributed by atoms with Crippen LogP contribution in [0.3, 0.4) is 0 Å². The number of benzene rings is 7. The Morgan fingerprint density at radius 3 is 1.98 bits per heavy atom. The quantitative estimate of drug-likeness (QED) is 0.189. The van der Waals surface area contributed by atoms with Crippen LogP contribution in [0.2, 0.25) is 0 Å². The van der Waals surface area contributed by atoms with Gasteiger partial charge in [-0.2, -0.15) is 0 Å². The largest absolute Gasteiger partial charge is 0.456 e. The number of furan rings is 1. The summed E-state index contributed by atoms with van der Waals surface area (Å²) in [4.78, 5) is 2.42. The Balaban J connectivity index is 1.43. The zero-order valence-electron chi connectivity index (χ0n) is 26.6. The second-order valence-electron chi connectivity index (χ2n) is 13.8. The maximum Gasteiger partial charge on any atom is 0.137 e. The summed E-state index contributed by atoms with van der Waals surface area (Å²) in [7, 11) is 0. The number of para-hydroxylation sites is 2. The van der Waals surface area contributed by atoms with Crippen LogP contribution in [0.1, 0.15) is 38.8 Å². The molecule has 7 aromatic carbocycles. The summed E-state index contributed by atoms with van der Waals surface area (Å²) in [6.07, 6.45) is 0. The summed E-state index contributed by atoms with van der Waals surface area (Å²) in [6, 6.07) is 50.7. The lowest BCUT2D eigenvalue weighted by Gasteiger charge is -2.49. The average molecular weight is 594 g/mol. The second-order valence-corrected chi connectivity index (χ2v) is 13.8. The maximum atomic E-state index is 6.42. The van der Waals surface area contributed by atoms with Crippen molar-refractivity contribution in [3.63, 3.8) is 0 Å². The Hall–Kier alpha value is -5.34. The fourth-order valence-electron chi connectivity index (χ4n) is 7.91. The molecular weight excluding hydrogens is 558 g/mol. The van der Waals surface area contributed by atoms with E-state index in [-0.39, 0.29) is 10.8 Å². The summed E-state index contributed by atoms with van der Waals surface area (Å²) in [5.74, 6) is 0. The van der Waals surface area contributed by atoms with E-state index in [1.54, 1.807) is 0 Å². The van der Waals surface area contributed by atoms with E-state index >= 15 is 0 Å². The van der Waals surface area contributed by atoms with Crippen LogP contribution in [0.25, 0.3) is 54.6 Å². The third-order valence-corrected chi connectivity index (χ3v) is 11.0. The highest BCUT2D eigenvalue weighted by Gasteiger charge is 2.47. The monoisotopic (exact) mass is 593 g/mol. The molecule has 0 bridgehead atoms. The van der Waals surface area contributed by atoms with Crippen molar-refractivity contribution in [2.24, 2.45) is 0 Å². The van der Waals surface area contributed by atoms with Gasteiger partial charge in [0, 0.05) is 33.6 Å². The van der Waals surface area contributed by atoms with E-state index in [0.29, 0.717) is 0 Å². The minimum Gasteiger partial charge on any atom is -0.456 e. The molecule has 0 saturated carbocycles. The summed E-state index contributed by atoms with van der Waals surface area (Å²) < 4.78 is 6.42. The Morgan fingerprint density at radius 2 is 1.13 bits per heavy atom. The predicted molar refractivity (Wildman–Crippen MR) is 195 cm³/mol. The lowest BCUT2D eigenvalue weighted by molar-refractivity contribution is 0.299. The van der Waals surface area contributed by atoms with E-state index < -0.39 is 0 Å². The van der Waals surface area contributed by atoms with Gasteiger partial charge in [-0.25, -0.2) is 0 Å². The van der Waals surface area contributed by atoms with E-state index in [0.717, 1.165) is 33.3 Å². The molecule has 0 unspecified atom stereocenters. The zero-order valence-corrected chi connectivity index (χ0v) is 26.6. The molecule has 2 heteroatoms. The third kappa shape index (κ3) is 3.64. The SMILES string of the molecule is CC1(C)c2ccccc2-c2c(cc(N(c3ccccc3)c3ccc4c(c3)oc3ccccc34)c3ccc4ccccc4c23)C1(C)C. The van der Waals surface area contributed by atoms with Crippen molar-refractivity contribution in [3.8, 4) is 11.1 Å². The molecule has 0 fully saturated rings. The molecule has 0 spiro atoms. The van der Waals surface area contributed by atoms with E-state index in [1.165, 1.54) is 49.5 Å². The first-order valence-corrected chi connectivity index (χ1v) is 16.2. The van der Waals surface area contributed by atoms with Crippen molar-refractivity contribution < 1.29 is 4.42 Å². The van der Waals surface area contributed by atoms with Crippen LogP contribution < -0.4 is 4.90 Å². The average Bonchev–Trinajstić information content (AvgIpc) is 3.46. The van der Waals surface area contributed by atoms with Crippen LogP contribution in [-0.2, 0) is 10.8 Å². The third-order valence-electron chi connectivity index (χ3n) is 11.0. The molecular formula is C44H35NO. The van der Waals surface area contributed by atoms with Crippen LogP contribution in [-0.4, -0.2) is 0 Å². The number of anilines is 3. The Labute approximate surface area is 269 Å². The maximum absolute atomic E-state index is 6.42. The highest BCUT2D eigenvalue weighted by Crippen LogP contribution is 2.58. The van der Waals surface area contributed by atoms with Crippen molar-refractivity contribution in [2.75, 3.05) is 4.90 Å². The van der Waals surface area contributed by atoms with Gasteiger partial charge in [-0.15, -0.1) is 0 Å². The summed E-state index contributed by atoms with van der Waals surface area (Å²) in [5, 5.41) is 7.36. The molecule has 0 radical (unpaired) electrons. The van der Waals surface area contributed by atoms with Crippen molar-refractivity contribution in [1.82, 2.24) is 0 Å². The Morgan fingerprint density at radius 1 is 0.478 bits per heavy atom. The normalized spacial score (nSPS) is 14.9. The van der Waals surface area contributed by atoms with Crippen LogP contribution in [0, 0.1) is 0 Å². The first-order valence-electron chi connectivity index (χ1n) is 16.2. The second kappa shape index (κ2) is 9.58. The van der Waals surface area contributed by atoms with Gasteiger partial charge in [0.05, 0.1) is 5.69 Å². The lowest BCUT2D eigenvalue weighted by atomic mass is 9.55. The molecule has 0 aliphatic heterocycles. The van der Waals surface area contributed by atoms with E-state index in [4.69, 9.17) is 4.42 Å². The number of rotatable bonds is 3. The van der Waals surface area contributed by atoms with Gasteiger partial charge in [0.15, 0.2) is 0 Å². The van der Waals surface area contributed by atoms with Crippen LogP contribution in [0.4, 0.5) is 17.1 Å². The van der Waals surface area contributed by atoms with E-state index in [9.17, 15) is 0 Å².